The van der Waals surface area contributed by atoms with E-state index in [2.05, 4.69) is 6.66 Å². The van der Waals surface area contributed by atoms with E-state index in [9.17, 15) is 0 Å². The van der Waals surface area contributed by atoms with Crippen LogP contribution < -0.4 is 51.4 Å². The van der Waals surface area contributed by atoms with Crippen molar-refractivity contribution in [2.45, 2.75) is 0 Å². The molecule has 4 heavy (non-hydrogen) atoms. The van der Waals surface area contributed by atoms with Crippen LogP contribution in [0.15, 0.2) is 0 Å². The van der Waals surface area contributed by atoms with E-state index in [1.54, 1.807) is 0 Å². The topological polar surface area (TPSA) is 0 Å². The Morgan fingerprint density at radius 1 is 1.75 bits per heavy atom. The van der Waals surface area contributed by atoms with Crippen LogP contribution in [0.4, 0.5) is 0 Å². The Bertz CT molecular complexity index is 6.00. The van der Waals surface area contributed by atoms with Crippen LogP contribution in [-0.2, 0) is 0 Å². The van der Waals surface area contributed by atoms with Crippen LogP contribution in [0.2, 0.25) is 0 Å². The van der Waals surface area contributed by atoms with Gasteiger partial charge in [-0.1, -0.05) is 6.66 Å². The summed E-state index contributed by atoms with van der Waals surface area (Å²) in [5, 5.41) is 0. The fraction of sp³-hybridized carbons (Fsp3) is 0.500. The molecule has 0 saturated heterocycles. The summed E-state index contributed by atoms with van der Waals surface area (Å²) < 4.78 is 0. The first-order valence-corrected chi connectivity index (χ1v) is 2.56. The van der Waals surface area contributed by atoms with Gasteiger partial charge in [-0.05, 0) is 0 Å². The van der Waals surface area contributed by atoms with Crippen molar-refractivity contribution in [2.24, 2.45) is 0 Å². The molecule has 1 atom stereocenters. The summed E-state index contributed by atoms with van der Waals surface area (Å²) in [7, 11) is 0.833. The molecule has 0 saturated carbocycles. The molecule has 1 unspecified atom stereocenters. The summed E-state index contributed by atoms with van der Waals surface area (Å²) in [6, 6.07) is 0. The van der Waals surface area contributed by atoms with Crippen LogP contribution in [-0.4, -0.2) is 6.66 Å². The summed E-state index contributed by atoms with van der Waals surface area (Å²) >= 11 is 0. The summed E-state index contributed by atoms with van der Waals surface area (Å²) in [4.78, 5) is 0. The minimum atomic E-state index is 0. The van der Waals surface area contributed by atoms with E-state index in [0.717, 1.165) is 8.58 Å². The average molecular weight is 100 g/mol. The van der Waals surface area contributed by atoms with Crippen LogP contribution >= 0.6 is 8.58 Å². The van der Waals surface area contributed by atoms with Gasteiger partial charge in [-0.15, -0.1) is 0 Å². The van der Waals surface area contributed by atoms with Crippen LogP contribution in [0.3, 0.4) is 0 Å². The van der Waals surface area contributed by atoms with Crippen LogP contribution in [0.25, 0.3) is 0 Å². The third-order valence-electron chi connectivity index (χ3n) is 0. The third kappa shape index (κ3) is 8.95. The quantitative estimate of drug-likeness (QED) is 0.189. The summed E-state index contributed by atoms with van der Waals surface area (Å²) in [6.07, 6.45) is 0. The molecule has 0 amide bonds. The van der Waals surface area contributed by atoms with E-state index in [0.29, 0.717) is 0 Å². The fourth-order valence-corrected chi connectivity index (χ4v) is 0. The molecule has 0 aromatic carbocycles. The second-order valence-corrected chi connectivity index (χ2v) is 1.06. The molecule has 0 rings (SSSR count). The molecule has 0 radical (unpaired) electrons. The Kier molecular flexibility index (Phi) is 21.0. The Labute approximate surface area is 71.9 Å². The zero-order valence-corrected chi connectivity index (χ0v) is 7.33. The molecular weight excluding hydrogens is 94.1 g/mol. The normalized spacial score (nSPS) is 7.50. The maximum absolute atomic E-state index is 3.51. The minimum Gasteiger partial charge on any atom is -0.320 e. The van der Waals surface area contributed by atoms with E-state index in [1.165, 1.54) is 0 Å². The Morgan fingerprint density at radius 3 is 1.75 bits per heavy atom. The van der Waals surface area contributed by atoms with Crippen LogP contribution in [0, 0.1) is 6.66 Å². The second-order valence-electron chi connectivity index (χ2n) is 0.354. The molecule has 0 aliphatic heterocycles. The van der Waals surface area contributed by atoms with Gasteiger partial charge in [0.25, 0.3) is 0 Å². The van der Waals surface area contributed by atoms with Gasteiger partial charge in [-0.3, -0.25) is 8.58 Å². The number of rotatable bonds is 0. The van der Waals surface area contributed by atoms with Gasteiger partial charge in [0, 0.05) is 0 Å². The summed E-state index contributed by atoms with van der Waals surface area (Å²) in [5.41, 5.74) is 0. The zero-order chi connectivity index (χ0) is 2.71. The first-order chi connectivity index (χ1) is 1.41. The molecular formula is C2H6KP. The average Bonchev–Trinajstić information content (AvgIpc) is 0.918. The van der Waals surface area contributed by atoms with E-state index in [1.807, 2.05) is 6.66 Å². The molecule has 0 spiro atoms. The van der Waals surface area contributed by atoms with Gasteiger partial charge in [0.15, 0.2) is 0 Å². The second kappa shape index (κ2) is 8.91. The molecule has 0 fully saturated rings. The number of hydrogen-bond acceptors (Lipinski definition) is 0. The van der Waals surface area contributed by atoms with Crippen LogP contribution in [0.1, 0.15) is 0 Å². The molecule has 0 N–H and O–H groups in total. The van der Waals surface area contributed by atoms with E-state index in [-0.39, 0.29) is 51.4 Å². The monoisotopic (exact) mass is 100.0 g/mol. The van der Waals surface area contributed by atoms with Gasteiger partial charge in [0.1, 0.15) is 0 Å². The van der Waals surface area contributed by atoms with Crippen molar-refractivity contribution in [3.63, 3.8) is 0 Å². The molecule has 2 heteroatoms. The van der Waals surface area contributed by atoms with Gasteiger partial charge in [0.05, 0.1) is 0 Å². The van der Waals surface area contributed by atoms with Crippen molar-refractivity contribution in [3.05, 3.63) is 6.66 Å². The molecule has 0 aliphatic carbocycles. The molecule has 0 aromatic heterocycles. The van der Waals surface area contributed by atoms with E-state index < -0.39 is 0 Å². The largest absolute Gasteiger partial charge is 1.00 e. The molecule has 0 bridgehead atoms. The predicted octanol–water partition coefficient (Wildman–Crippen LogP) is -1.91. The van der Waals surface area contributed by atoms with E-state index in [4.69, 9.17) is 0 Å². The van der Waals surface area contributed by atoms with Gasteiger partial charge >= 0.3 is 51.4 Å². The Balaban J connectivity index is 0. The van der Waals surface area contributed by atoms with E-state index >= 15 is 0 Å². The molecule has 0 nitrogen and oxygen atoms in total. The van der Waals surface area contributed by atoms with Crippen molar-refractivity contribution >= 4 is 8.58 Å². The zero-order valence-electron chi connectivity index (χ0n) is 3.21. The summed E-state index contributed by atoms with van der Waals surface area (Å²) in [5.74, 6) is 0. The summed E-state index contributed by atoms with van der Waals surface area (Å²) in [6.45, 7) is 5.56. The Hall–Kier alpha value is 2.07. The maximum atomic E-state index is 3.51. The minimum absolute atomic E-state index is 0. The SMILES string of the molecule is [CH2-]PC.[K+]. The molecule has 0 aliphatic rings. The molecule has 0 heterocycles. The van der Waals surface area contributed by atoms with Gasteiger partial charge in [-0.2, -0.15) is 0 Å². The first-order valence-electron chi connectivity index (χ1n) is 0.854. The van der Waals surface area contributed by atoms with Gasteiger partial charge in [-0.25, -0.2) is 0 Å². The van der Waals surface area contributed by atoms with Crippen molar-refractivity contribution in [1.82, 2.24) is 0 Å². The van der Waals surface area contributed by atoms with Crippen LogP contribution in [0.5, 0.6) is 0 Å². The van der Waals surface area contributed by atoms with Gasteiger partial charge in [0.2, 0.25) is 0 Å². The third-order valence-corrected chi connectivity index (χ3v) is 0. The molecule has 20 valence electrons. The smallest absolute Gasteiger partial charge is 0.320 e. The maximum Gasteiger partial charge on any atom is 1.00 e. The van der Waals surface area contributed by atoms with Crippen molar-refractivity contribution < 1.29 is 51.4 Å². The fourth-order valence-electron chi connectivity index (χ4n) is 0. The Morgan fingerprint density at radius 2 is 1.75 bits per heavy atom. The standard InChI is InChI=1S/C2H6P.K/c1-3-2;/h3H,1H2,2H3;/q-1;+1. The van der Waals surface area contributed by atoms with Crippen molar-refractivity contribution in [2.75, 3.05) is 6.66 Å². The van der Waals surface area contributed by atoms with Gasteiger partial charge < -0.3 is 6.66 Å². The van der Waals surface area contributed by atoms with Crippen molar-refractivity contribution in [3.8, 4) is 0 Å². The number of hydrogen-bond donors (Lipinski definition) is 0. The predicted molar refractivity (Wildman–Crippen MR) is 19.6 cm³/mol. The molecule has 0 aromatic rings. The van der Waals surface area contributed by atoms with Crippen molar-refractivity contribution in [1.29, 1.82) is 0 Å². The first kappa shape index (κ1) is 9.42.